The first kappa shape index (κ1) is 13.6. The van der Waals surface area contributed by atoms with Crippen molar-refractivity contribution in [2.75, 3.05) is 20.7 Å². The highest BCUT2D eigenvalue weighted by Crippen LogP contribution is 2.24. The number of benzene rings is 1. The van der Waals surface area contributed by atoms with Crippen molar-refractivity contribution in [1.82, 2.24) is 4.90 Å². The minimum Gasteiger partial charge on any atom is -0.483 e. The number of rotatable bonds is 4. The fraction of sp³-hybridized carbons (Fsp3) is 0.500. The molecule has 1 aromatic rings. The number of hydrogen-bond donors (Lipinski definition) is 0. The fourth-order valence-corrected chi connectivity index (χ4v) is 1.40. The van der Waals surface area contributed by atoms with E-state index in [9.17, 15) is 4.79 Å². The van der Waals surface area contributed by atoms with Gasteiger partial charge in [0.25, 0.3) is 5.91 Å². The minimum atomic E-state index is -0.0284. The molecule has 17 heavy (non-hydrogen) atoms. The Morgan fingerprint density at radius 1 is 1.35 bits per heavy atom. The molecule has 0 radical (unpaired) electrons. The number of aryl methyl sites for hydroxylation is 1. The molecule has 0 saturated carbocycles. The van der Waals surface area contributed by atoms with Crippen LogP contribution >= 0.6 is 0 Å². The smallest absolute Gasteiger partial charge is 0.259 e. The predicted octanol–water partition coefficient (Wildman–Crippen LogP) is 2.59. The van der Waals surface area contributed by atoms with Crippen molar-refractivity contribution in [3.05, 3.63) is 29.3 Å². The zero-order chi connectivity index (χ0) is 13.0. The molecule has 3 heteroatoms. The van der Waals surface area contributed by atoms with Gasteiger partial charge in [-0.3, -0.25) is 4.79 Å². The van der Waals surface area contributed by atoms with Gasteiger partial charge in [0.1, 0.15) is 5.75 Å². The van der Waals surface area contributed by atoms with Gasteiger partial charge in [-0.05, 0) is 30.0 Å². The van der Waals surface area contributed by atoms with Crippen LogP contribution in [0.2, 0.25) is 0 Å². The molecule has 3 nitrogen and oxygen atoms in total. The van der Waals surface area contributed by atoms with Crippen molar-refractivity contribution in [3.63, 3.8) is 0 Å². The zero-order valence-electron chi connectivity index (χ0n) is 11.3. The van der Waals surface area contributed by atoms with Gasteiger partial charge in [-0.2, -0.15) is 0 Å². The number of hydrogen-bond acceptors (Lipinski definition) is 2. The molecule has 0 saturated heterocycles. The third-order valence-corrected chi connectivity index (χ3v) is 2.73. The molecular formula is C14H21NO2. The molecule has 0 bridgehead atoms. The number of nitrogens with zero attached hydrogens (tertiary/aromatic N) is 1. The summed E-state index contributed by atoms with van der Waals surface area (Å²) >= 11 is 0. The highest BCUT2D eigenvalue weighted by molar-refractivity contribution is 5.77. The van der Waals surface area contributed by atoms with Gasteiger partial charge in [0, 0.05) is 14.1 Å². The molecule has 1 rings (SSSR count). The van der Waals surface area contributed by atoms with E-state index in [2.05, 4.69) is 19.9 Å². The molecular weight excluding hydrogens is 214 g/mol. The van der Waals surface area contributed by atoms with Crippen molar-refractivity contribution in [2.45, 2.75) is 26.7 Å². The Bertz CT molecular complexity index is 397. The minimum absolute atomic E-state index is 0.0284. The van der Waals surface area contributed by atoms with Gasteiger partial charge >= 0.3 is 0 Å². The second-order valence-electron chi connectivity index (χ2n) is 4.76. The second kappa shape index (κ2) is 5.71. The first-order valence-electron chi connectivity index (χ1n) is 5.85. The summed E-state index contributed by atoms with van der Waals surface area (Å²) in [4.78, 5) is 13.0. The summed E-state index contributed by atoms with van der Waals surface area (Å²) < 4.78 is 5.56. The Hall–Kier alpha value is -1.51. The normalized spacial score (nSPS) is 10.5. The predicted molar refractivity (Wildman–Crippen MR) is 69.5 cm³/mol. The van der Waals surface area contributed by atoms with Crippen molar-refractivity contribution < 1.29 is 9.53 Å². The van der Waals surface area contributed by atoms with Gasteiger partial charge in [-0.25, -0.2) is 0 Å². The van der Waals surface area contributed by atoms with E-state index in [0.717, 1.165) is 11.3 Å². The van der Waals surface area contributed by atoms with Gasteiger partial charge in [0.2, 0.25) is 0 Å². The molecule has 0 spiro atoms. The number of amides is 1. The fourth-order valence-electron chi connectivity index (χ4n) is 1.40. The Morgan fingerprint density at radius 2 is 2.00 bits per heavy atom. The Kier molecular flexibility index (Phi) is 4.55. The summed E-state index contributed by atoms with van der Waals surface area (Å²) in [6.07, 6.45) is 0. The summed E-state index contributed by atoms with van der Waals surface area (Å²) in [5.41, 5.74) is 2.28. The van der Waals surface area contributed by atoms with Crippen LogP contribution in [0.4, 0.5) is 0 Å². The lowest BCUT2D eigenvalue weighted by molar-refractivity contribution is -0.130. The number of carbonyl (C=O) groups is 1. The highest BCUT2D eigenvalue weighted by atomic mass is 16.5. The van der Waals surface area contributed by atoms with Crippen LogP contribution in [-0.4, -0.2) is 31.5 Å². The maximum absolute atomic E-state index is 11.4. The van der Waals surface area contributed by atoms with Crippen LogP contribution in [0.15, 0.2) is 18.2 Å². The first-order chi connectivity index (χ1) is 7.91. The topological polar surface area (TPSA) is 29.5 Å². The first-order valence-corrected chi connectivity index (χ1v) is 5.85. The van der Waals surface area contributed by atoms with Crippen molar-refractivity contribution in [2.24, 2.45) is 0 Å². The van der Waals surface area contributed by atoms with Gasteiger partial charge in [-0.15, -0.1) is 0 Å². The third-order valence-electron chi connectivity index (χ3n) is 2.73. The summed E-state index contributed by atoms with van der Waals surface area (Å²) in [7, 11) is 3.45. The van der Waals surface area contributed by atoms with Crippen LogP contribution in [0.25, 0.3) is 0 Å². The van der Waals surface area contributed by atoms with E-state index in [4.69, 9.17) is 4.74 Å². The SMILES string of the molecule is Cc1ccc(C(C)C)cc1OCC(=O)N(C)C. The van der Waals surface area contributed by atoms with Crippen molar-refractivity contribution in [3.8, 4) is 5.75 Å². The van der Waals surface area contributed by atoms with E-state index in [1.54, 1.807) is 14.1 Å². The summed E-state index contributed by atoms with van der Waals surface area (Å²) in [6, 6.07) is 6.15. The zero-order valence-corrected chi connectivity index (χ0v) is 11.3. The van der Waals surface area contributed by atoms with E-state index in [0.29, 0.717) is 5.92 Å². The van der Waals surface area contributed by atoms with Crippen LogP contribution in [0, 0.1) is 6.92 Å². The Labute approximate surface area is 103 Å². The largest absolute Gasteiger partial charge is 0.483 e. The average Bonchev–Trinajstić information content (AvgIpc) is 2.26. The van der Waals surface area contributed by atoms with Gasteiger partial charge in [0.05, 0.1) is 0 Å². The summed E-state index contributed by atoms with van der Waals surface area (Å²) in [5, 5.41) is 0. The molecule has 0 aromatic heterocycles. The highest BCUT2D eigenvalue weighted by Gasteiger charge is 2.08. The average molecular weight is 235 g/mol. The van der Waals surface area contributed by atoms with Gasteiger partial charge in [-0.1, -0.05) is 26.0 Å². The van der Waals surface area contributed by atoms with Crippen LogP contribution in [0.1, 0.15) is 30.9 Å². The van der Waals surface area contributed by atoms with Crippen molar-refractivity contribution in [1.29, 1.82) is 0 Å². The lowest BCUT2D eigenvalue weighted by Crippen LogP contribution is -2.27. The standard InChI is InChI=1S/C14H21NO2/c1-10(2)12-7-6-11(3)13(8-12)17-9-14(16)15(4)5/h6-8,10H,9H2,1-5H3. The van der Waals surface area contributed by atoms with Crippen LogP contribution in [0.5, 0.6) is 5.75 Å². The molecule has 0 atom stereocenters. The monoisotopic (exact) mass is 235 g/mol. The maximum atomic E-state index is 11.4. The van der Waals surface area contributed by atoms with E-state index in [-0.39, 0.29) is 12.5 Å². The molecule has 0 heterocycles. The molecule has 1 aromatic carbocycles. The summed E-state index contributed by atoms with van der Waals surface area (Å²) in [5.74, 6) is 1.23. The molecule has 0 aliphatic heterocycles. The van der Waals surface area contributed by atoms with Crippen LogP contribution < -0.4 is 4.74 Å². The molecule has 0 N–H and O–H groups in total. The Balaban J connectivity index is 2.76. The molecule has 0 fully saturated rings. The Morgan fingerprint density at radius 3 is 2.53 bits per heavy atom. The van der Waals surface area contributed by atoms with Crippen LogP contribution in [-0.2, 0) is 4.79 Å². The lowest BCUT2D eigenvalue weighted by Gasteiger charge is -2.14. The molecule has 0 aliphatic carbocycles. The lowest BCUT2D eigenvalue weighted by atomic mass is 10.0. The molecule has 94 valence electrons. The van der Waals surface area contributed by atoms with E-state index in [1.807, 2.05) is 19.1 Å². The van der Waals surface area contributed by atoms with Gasteiger partial charge < -0.3 is 9.64 Å². The number of carbonyl (C=O) groups excluding carboxylic acids is 1. The number of ether oxygens (including phenoxy) is 1. The maximum Gasteiger partial charge on any atom is 0.259 e. The quantitative estimate of drug-likeness (QED) is 0.802. The third kappa shape index (κ3) is 3.77. The van der Waals surface area contributed by atoms with Crippen molar-refractivity contribution >= 4 is 5.91 Å². The van der Waals surface area contributed by atoms with Gasteiger partial charge in [0.15, 0.2) is 6.61 Å². The number of likely N-dealkylation sites (N-methyl/N-ethyl adjacent to an activating group) is 1. The van der Waals surface area contributed by atoms with Crippen LogP contribution in [0.3, 0.4) is 0 Å². The van der Waals surface area contributed by atoms with E-state index < -0.39 is 0 Å². The summed E-state index contributed by atoms with van der Waals surface area (Å²) in [6.45, 7) is 6.35. The van der Waals surface area contributed by atoms with E-state index in [1.165, 1.54) is 10.5 Å². The molecule has 0 aliphatic rings. The second-order valence-corrected chi connectivity index (χ2v) is 4.76. The van der Waals surface area contributed by atoms with E-state index >= 15 is 0 Å². The molecule has 1 amide bonds. The molecule has 0 unspecified atom stereocenters.